The predicted molar refractivity (Wildman–Crippen MR) is 126 cm³/mol. The van der Waals surface area contributed by atoms with E-state index in [9.17, 15) is 18.4 Å². The highest BCUT2D eigenvalue weighted by molar-refractivity contribution is 9.10. The van der Waals surface area contributed by atoms with Crippen LogP contribution in [0, 0.1) is 18.6 Å². The third-order valence-corrected chi connectivity index (χ3v) is 6.13. The Labute approximate surface area is 197 Å². The lowest BCUT2D eigenvalue weighted by Gasteiger charge is -2.20. The predicted octanol–water partition coefficient (Wildman–Crippen LogP) is 4.91. The molecule has 33 heavy (non-hydrogen) atoms. The largest absolute Gasteiger partial charge is 0.347 e. The summed E-state index contributed by atoms with van der Waals surface area (Å²) in [6, 6.07) is 13.4. The molecule has 5 nitrogen and oxygen atoms in total. The van der Waals surface area contributed by atoms with Crippen molar-refractivity contribution in [1.29, 1.82) is 0 Å². The Balaban J connectivity index is 1.64. The van der Waals surface area contributed by atoms with Crippen molar-refractivity contribution >= 4 is 32.7 Å². The summed E-state index contributed by atoms with van der Waals surface area (Å²) in [6.07, 6.45) is 1.54. The van der Waals surface area contributed by atoms with Gasteiger partial charge in [0.05, 0.1) is 18.2 Å². The van der Waals surface area contributed by atoms with Crippen LogP contribution in [-0.2, 0) is 17.6 Å². The normalized spacial score (nSPS) is 12.0. The van der Waals surface area contributed by atoms with Crippen LogP contribution in [0.25, 0.3) is 10.9 Å². The van der Waals surface area contributed by atoms with Gasteiger partial charge in [-0.25, -0.2) is 8.78 Å². The summed E-state index contributed by atoms with van der Waals surface area (Å²) in [5.74, 6) is -1.81. The van der Waals surface area contributed by atoms with Crippen LogP contribution in [0.2, 0.25) is 0 Å². The molecule has 0 aliphatic rings. The number of nitrogens with zero attached hydrogens (tertiary/aromatic N) is 1. The highest BCUT2D eigenvalue weighted by Gasteiger charge is 2.21. The summed E-state index contributed by atoms with van der Waals surface area (Å²) >= 11 is 3.43. The Bertz CT molecular complexity index is 1380. The number of rotatable bonds is 6. The first-order chi connectivity index (χ1) is 15.8. The van der Waals surface area contributed by atoms with E-state index in [0.717, 1.165) is 17.0 Å². The van der Waals surface area contributed by atoms with Gasteiger partial charge in [0.25, 0.3) is 5.56 Å². The number of carbonyl (C=O) groups is 1. The lowest BCUT2D eigenvalue weighted by Crippen LogP contribution is -2.33. The zero-order valence-corrected chi connectivity index (χ0v) is 19.2. The molecule has 0 aliphatic carbocycles. The molecule has 2 N–H and O–H groups in total. The maximum Gasteiger partial charge on any atom is 0.252 e. The Kier molecular flexibility index (Phi) is 6.65. The zero-order chi connectivity index (χ0) is 23.5. The quantitative estimate of drug-likeness (QED) is 0.386. The van der Waals surface area contributed by atoms with E-state index in [1.54, 1.807) is 24.4 Å². The molecular formula is C25H20BrF2N3O2. The molecule has 0 bridgehead atoms. The van der Waals surface area contributed by atoms with E-state index in [1.165, 1.54) is 12.1 Å². The van der Waals surface area contributed by atoms with Crippen LogP contribution >= 0.6 is 15.9 Å². The third-order valence-electron chi connectivity index (χ3n) is 5.46. The minimum atomic E-state index is -0.700. The molecule has 2 aromatic heterocycles. The van der Waals surface area contributed by atoms with Crippen LogP contribution in [0.4, 0.5) is 8.78 Å². The number of fused-ring (bicyclic) bond motifs is 1. The van der Waals surface area contributed by atoms with Gasteiger partial charge in [0.2, 0.25) is 5.91 Å². The molecule has 1 atom stereocenters. The van der Waals surface area contributed by atoms with Gasteiger partial charge in [0.15, 0.2) is 0 Å². The summed E-state index contributed by atoms with van der Waals surface area (Å²) in [6.45, 7) is 1.81. The Hall–Kier alpha value is -3.39. The van der Waals surface area contributed by atoms with E-state index in [1.807, 2.05) is 25.1 Å². The number of nitrogens with one attached hydrogen (secondary N) is 2. The van der Waals surface area contributed by atoms with Gasteiger partial charge in [-0.15, -0.1) is 0 Å². The van der Waals surface area contributed by atoms with E-state index in [-0.39, 0.29) is 18.4 Å². The fourth-order valence-electron chi connectivity index (χ4n) is 3.90. The summed E-state index contributed by atoms with van der Waals surface area (Å²) in [4.78, 5) is 32.8. The molecule has 0 saturated carbocycles. The number of aryl methyl sites for hydroxylation is 1. The Morgan fingerprint density at radius 3 is 2.58 bits per heavy atom. The lowest BCUT2D eigenvalue weighted by atomic mass is 10.00. The number of hydrogen-bond donors (Lipinski definition) is 2. The van der Waals surface area contributed by atoms with Crippen molar-refractivity contribution < 1.29 is 13.6 Å². The first-order valence-corrected chi connectivity index (χ1v) is 11.1. The van der Waals surface area contributed by atoms with Gasteiger partial charge in [-0.3, -0.25) is 14.6 Å². The van der Waals surface area contributed by atoms with E-state index in [0.29, 0.717) is 26.8 Å². The molecule has 4 aromatic rings. The summed E-state index contributed by atoms with van der Waals surface area (Å²) in [5, 5.41) is 3.74. The fraction of sp³-hybridized carbons (Fsp3) is 0.160. The Morgan fingerprint density at radius 2 is 1.85 bits per heavy atom. The maximum atomic E-state index is 13.7. The summed E-state index contributed by atoms with van der Waals surface area (Å²) in [7, 11) is 0. The highest BCUT2D eigenvalue weighted by atomic mass is 79.9. The lowest BCUT2D eigenvalue weighted by molar-refractivity contribution is -0.121. The average molecular weight is 512 g/mol. The zero-order valence-electron chi connectivity index (χ0n) is 17.7. The number of amides is 1. The molecular weight excluding hydrogens is 492 g/mol. The maximum absolute atomic E-state index is 13.7. The van der Waals surface area contributed by atoms with Gasteiger partial charge < -0.3 is 10.3 Å². The molecule has 0 fully saturated rings. The molecule has 2 aromatic carbocycles. The molecule has 0 spiro atoms. The fourth-order valence-corrected chi connectivity index (χ4v) is 4.43. The molecule has 0 aliphatic heterocycles. The van der Waals surface area contributed by atoms with Crippen molar-refractivity contribution in [3.8, 4) is 0 Å². The van der Waals surface area contributed by atoms with Crippen molar-refractivity contribution in [2.75, 3.05) is 0 Å². The number of hydrogen-bond acceptors (Lipinski definition) is 3. The number of benzene rings is 2. The number of H-pyrrole nitrogens is 1. The molecule has 0 saturated heterocycles. The van der Waals surface area contributed by atoms with Gasteiger partial charge in [-0.2, -0.15) is 0 Å². The van der Waals surface area contributed by atoms with Crippen molar-refractivity contribution in [2.24, 2.45) is 0 Å². The van der Waals surface area contributed by atoms with E-state index >= 15 is 0 Å². The second kappa shape index (κ2) is 9.62. The molecule has 168 valence electrons. The smallest absolute Gasteiger partial charge is 0.252 e. The Morgan fingerprint density at radius 1 is 1.12 bits per heavy atom. The molecule has 4 rings (SSSR count). The van der Waals surface area contributed by atoms with Gasteiger partial charge in [0, 0.05) is 33.2 Å². The second-order valence-electron chi connectivity index (χ2n) is 7.75. The monoisotopic (exact) mass is 511 g/mol. The van der Waals surface area contributed by atoms with Crippen LogP contribution < -0.4 is 10.9 Å². The SMILES string of the molecule is Cc1c(CC(=O)N[C@@H](Cc2cc(F)cc(F)c2)c2ncccc2Br)c(=O)[nH]c2ccccc12. The van der Waals surface area contributed by atoms with Gasteiger partial charge in [-0.1, -0.05) is 18.2 Å². The first kappa shape index (κ1) is 22.8. The summed E-state index contributed by atoms with van der Waals surface area (Å²) in [5.41, 5.74) is 2.35. The van der Waals surface area contributed by atoms with Crippen molar-refractivity contribution in [1.82, 2.24) is 15.3 Å². The highest BCUT2D eigenvalue weighted by Crippen LogP contribution is 2.25. The number of halogens is 3. The second-order valence-corrected chi connectivity index (χ2v) is 8.61. The van der Waals surface area contributed by atoms with Crippen LogP contribution in [-0.4, -0.2) is 15.9 Å². The standard InChI is InChI=1S/C25H20BrF2N3O2/c1-14-18-5-2-3-7-21(18)31-25(33)19(14)13-23(32)30-22(24-20(26)6-4-8-29-24)11-15-9-16(27)12-17(28)10-15/h2-10,12,22H,11,13H2,1H3,(H,30,32)(H,31,33)/t22-/m0/s1. The minimum absolute atomic E-state index is 0.114. The van der Waals surface area contributed by atoms with Crippen LogP contribution in [0.5, 0.6) is 0 Å². The third kappa shape index (κ3) is 5.17. The van der Waals surface area contributed by atoms with Gasteiger partial charge in [0.1, 0.15) is 11.6 Å². The van der Waals surface area contributed by atoms with Gasteiger partial charge >= 0.3 is 0 Å². The number of aromatic amines is 1. The topological polar surface area (TPSA) is 74.8 Å². The summed E-state index contributed by atoms with van der Waals surface area (Å²) < 4.78 is 28.1. The van der Waals surface area contributed by atoms with Crippen molar-refractivity contribution in [2.45, 2.75) is 25.8 Å². The van der Waals surface area contributed by atoms with E-state index in [4.69, 9.17) is 0 Å². The van der Waals surface area contributed by atoms with Crippen molar-refractivity contribution in [3.63, 3.8) is 0 Å². The minimum Gasteiger partial charge on any atom is -0.347 e. The molecule has 8 heteroatoms. The number of para-hydroxylation sites is 1. The number of pyridine rings is 2. The average Bonchev–Trinajstić information content (AvgIpc) is 2.76. The van der Waals surface area contributed by atoms with Crippen LogP contribution in [0.1, 0.15) is 28.4 Å². The van der Waals surface area contributed by atoms with Gasteiger partial charge in [-0.05, 0) is 70.7 Å². The van der Waals surface area contributed by atoms with E-state index < -0.39 is 23.6 Å². The van der Waals surface area contributed by atoms with Crippen LogP contribution in [0.3, 0.4) is 0 Å². The van der Waals surface area contributed by atoms with Crippen LogP contribution in [0.15, 0.2) is 70.1 Å². The van der Waals surface area contributed by atoms with E-state index in [2.05, 4.69) is 31.2 Å². The molecule has 0 radical (unpaired) electrons. The van der Waals surface area contributed by atoms with Crippen molar-refractivity contribution in [3.05, 3.63) is 110 Å². The molecule has 1 amide bonds. The molecule has 2 heterocycles. The number of carbonyl (C=O) groups excluding carboxylic acids is 1. The number of aromatic nitrogens is 2. The first-order valence-electron chi connectivity index (χ1n) is 10.3. The molecule has 0 unspecified atom stereocenters.